The molecule has 0 bridgehead atoms. The topological polar surface area (TPSA) is 133 Å². The molecule has 1 unspecified atom stereocenters. The lowest BCUT2D eigenvalue weighted by Gasteiger charge is -2.31. The third-order valence-electron chi connectivity index (χ3n) is 6.24. The van der Waals surface area contributed by atoms with Gasteiger partial charge in [-0.3, -0.25) is 14.4 Å². The van der Waals surface area contributed by atoms with Crippen LogP contribution in [0.15, 0.2) is 0 Å². The Balaban J connectivity index is 1.84. The fourth-order valence-electron chi connectivity index (χ4n) is 4.42. The standard InChI is InChI=1S/C23H37N3O7/c1-23(2,3)19(20(29)24-4)33-22(32)16-10-8-14-26(16)18(28)12-6-5-11-17(27)25-13-7-9-15(25)21(30)31/h15-16,19H,5-14H2,1-4H3,(H,24,29)(H,30,31)/t15-,16-,19?/m1/s1. The Morgan fingerprint density at radius 3 is 1.88 bits per heavy atom. The lowest BCUT2D eigenvalue weighted by molar-refractivity contribution is -0.168. The van der Waals surface area contributed by atoms with Gasteiger partial charge in [-0.05, 0) is 38.5 Å². The molecule has 2 N–H and O–H groups in total. The van der Waals surface area contributed by atoms with Gasteiger partial charge in [0.25, 0.3) is 5.91 Å². The Labute approximate surface area is 195 Å². The predicted molar refractivity (Wildman–Crippen MR) is 119 cm³/mol. The quantitative estimate of drug-likeness (QED) is 0.386. The van der Waals surface area contributed by atoms with E-state index in [0.717, 1.165) is 0 Å². The van der Waals surface area contributed by atoms with Crippen molar-refractivity contribution in [3.8, 4) is 0 Å². The van der Waals surface area contributed by atoms with E-state index >= 15 is 0 Å². The van der Waals surface area contributed by atoms with E-state index in [2.05, 4.69) is 5.32 Å². The molecule has 10 nitrogen and oxygen atoms in total. The second kappa shape index (κ2) is 11.5. The number of aliphatic carboxylic acids is 1. The van der Waals surface area contributed by atoms with Crippen LogP contribution in [0.1, 0.15) is 72.1 Å². The van der Waals surface area contributed by atoms with E-state index in [1.54, 1.807) is 20.8 Å². The molecule has 0 aliphatic carbocycles. The SMILES string of the molecule is CNC(=O)C(OC(=O)[C@H]1CCCN1C(=O)CCCCC(=O)N1CCC[C@@H]1C(=O)O)C(C)(C)C. The molecule has 3 amide bonds. The minimum Gasteiger partial charge on any atom is -0.480 e. The first-order valence-electron chi connectivity index (χ1n) is 11.7. The van der Waals surface area contributed by atoms with Gasteiger partial charge in [0.15, 0.2) is 6.10 Å². The molecule has 3 atom stereocenters. The normalized spacial score (nSPS) is 21.6. The summed E-state index contributed by atoms with van der Waals surface area (Å²) in [5, 5.41) is 11.7. The summed E-state index contributed by atoms with van der Waals surface area (Å²) in [6.07, 6.45) is 2.69. The van der Waals surface area contributed by atoms with E-state index in [1.807, 2.05) is 0 Å². The Morgan fingerprint density at radius 1 is 0.939 bits per heavy atom. The van der Waals surface area contributed by atoms with Crippen molar-refractivity contribution in [3.05, 3.63) is 0 Å². The van der Waals surface area contributed by atoms with Gasteiger partial charge in [-0.25, -0.2) is 9.59 Å². The van der Waals surface area contributed by atoms with Gasteiger partial charge >= 0.3 is 11.9 Å². The number of carboxylic acid groups (broad SMARTS) is 1. The number of rotatable bonds is 9. The monoisotopic (exact) mass is 467 g/mol. The number of likely N-dealkylation sites (N-methyl/N-ethyl adjacent to an activating group) is 1. The highest BCUT2D eigenvalue weighted by Crippen LogP contribution is 2.26. The zero-order valence-corrected chi connectivity index (χ0v) is 20.1. The second-order valence-electron chi connectivity index (χ2n) is 9.83. The molecule has 2 rings (SSSR count). The number of hydrogen-bond donors (Lipinski definition) is 2. The Bertz CT molecular complexity index is 762. The van der Waals surface area contributed by atoms with Crippen LogP contribution in [-0.2, 0) is 28.7 Å². The van der Waals surface area contributed by atoms with Crippen molar-refractivity contribution in [3.63, 3.8) is 0 Å². The van der Waals surface area contributed by atoms with Gasteiger partial charge in [-0.2, -0.15) is 0 Å². The number of likely N-dealkylation sites (tertiary alicyclic amines) is 2. The van der Waals surface area contributed by atoms with Gasteiger partial charge in [0.1, 0.15) is 12.1 Å². The zero-order valence-electron chi connectivity index (χ0n) is 20.1. The summed E-state index contributed by atoms with van der Waals surface area (Å²) in [6.45, 7) is 6.32. The molecule has 0 radical (unpaired) electrons. The van der Waals surface area contributed by atoms with E-state index in [1.165, 1.54) is 16.8 Å². The molecule has 10 heteroatoms. The third-order valence-corrected chi connectivity index (χ3v) is 6.24. The molecular formula is C23H37N3O7. The summed E-state index contributed by atoms with van der Waals surface area (Å²) in [5.41, 5.74) is -0.593. The first kappa shape index (κ1) is 26.6. The minimum atomic E-state index is -0.979. The van der Waals surface area contributed by atoms with Crippen molar-refractivity contribution in [1.82, 2.24) is 15.1 Å². The number of esters is 1. The lowest BCUT2D eigenvalue weighted by atomic mass is 9.88. The van der Waals surface area contributed by atoms with Gasteiger partial charge in [0, 0.05) is 38.4 Å². The van der Waals surface area contributed by atoms with Crippen LogP contribution in [0.3, 0.4) is 0 Å². The second-order valence-corrected chi connectivity index (χ2v) is 9.83. The molecule has 33 heavy (non-hydrogen) atoms. The smallest absolute Gasteiger partial charge is 0.329 e. The summed E-state index contributed by atoms with van der Waals surface area (Å²) in [7, 11) is 1.48. The van der Waals surface area contributed by atoms with E-state index in [-0.39, 0.29) is 30.6 Å². The molecule has 2 saturated heterocycles. The molecule has 0 saturated carbocycles. The summed E-state index contributed by atoms with van der Waals surface area (Å²) in [4.78, 5) is 64.2. The average molecular weight is 468 g/mol. The Kier molecular flexibility index (Phi) is 9.25. The van der Waals surface area contributed by atoms with Crippen molar-refractivity contribution in [1.29, 1.82) is 0 Å². The van der Waals surface area contributed by atoms with Gasteiger partial charge < -0.3 is 25.0 Å². The van der Waals surface area contributed by atoms with Crippen LogP contribution in [0.25, 0.3) is 0 Å². The van der Waals surface area contributed by atoms with Gasteiger partial charge in [0.05, 0.1) is 0 Å². The van der Waals surface area contributed by atoms with Crippen LogP contribution in [0.5, 0.6) is 0 Å². The Morgan fingerprint density at radius 2 is 1.42 bits per heavy atom. The average Bonchev–Trinajstić information content (AvgIpc) is 3.43. The van der Waals surface area contributed by atoms with E-state index in [0.29, 0.717) is 51.6 Å². The molecule has 0 aromatic rings. The van der Waals surface area contributed by atoms with Crippen molar-refractivity contribution >= 4 is 29.7 Å². The van der Waals surface area contributed by atoms with E-state index in [9.17, 15) is 29.1 Å². The highest BCUT2D eigenvalue weighted by molar-refractivity contribution is 5.88. The molecule has 2 aliphatic heterocycles. The van der Waals surface area contributed by atoms with Crippen LogP contribution in [-0.4, -0.2) is 82.9 Å². The van der Waals surface area contributed by atoms with Gasteiger partial charge in [-0.1, -0.05) is 20.8 Å². The highest BCUT2D eigenvalue weighted by Gasteiger charge is 2.40. The van der Waals surface area contributed by atoms with Crippen LogP contribution in [0.4, 0.5) is 0 Å². The first-order valence-corrected chi connectivity index (χ1v) is 11.7. The molecular weight excluding hydrogens is 430 g/mol. The number of nitrogens with zero attached hydrogens (tertiary/aromatic N) is 2. The summed E-state index contributed by atoms with van der Waals surface area (Å²) in [6, 6.07) is -1.46. The number of nitrogens with one attached hydrogen (secondary N) is 1. The highest BCUT2D eigenvalue weighted by atomic mass is 16.6. The lowest BCUT2D eigenvalue weighted by Crippen LogP contribution is -2.48. The summed E-state index contributed by atoms with van der Waals surface area (Å²) >= 11 is 0. The van der Waals surface area contributed by atoms with Crippen molar-refractivity contribution < 1.29 is 33.8 Å². The van der Waals surface area contributed by atoms with Crippen molar-refractivity contribution in [2.24, 2.45) is 5.41 Å². The molecule has 2 aliphatic rings. The van der Waals surface area contributed by atoms with Gasteiger partial charge in [-0.15, -0.1) is 0 Å². The summed E-state index contributed by atoms with van der Waals surface area (Å²) in [5.74, 6) is -2.32. The number of ether oxygens (including phenoxy) is 1. The zero-order chi connectivity index (χ0) is 24.8. The number of carbonyl (C=O) groups excluding carboxylic acids is 4. The third kappa shape index (κ3) is 6.91. The van der Waals surface area contributed by atoms with Crippen molar-refractivity contribution in [2.45, 2.75) is 90.3 Å². The fourth-order valence-corrected chi connectivity index (χ4v) is 4.42. The Hall–Kier alpha value is -2.65. The first-order chi connectivity index (χ1) is 15.5. The molecule has 0 spiro atoms. The van der Waals surface area contributed by atoms with Crippen molar-refractivity contribution in [2.75, 3.05) is 20.1 Å². The van der Waals surface area contributed by atoms with Crippen LogP contribution in [0.2, 0.25) is 0 Å². The molecule has 2 heterocycles. The number of hydrogen-bond acceptors (Lipinski definition) is 6. The maximum absolute atomic E-state index is 12.8. The number of carboxylic acids is 1. The molecule has 0 aromatic heterocycles. The van der Waals surface area contributed by atoms with Crippen LogP contribution < -0.4 is 5.32 Å². The van der Waals surface area contributed by atoms with E-state index in [4.69, 9.17) is 4.74 Å². The number of carbonyl (C=O) groups is 5. The van der Waals surface area contributed by atoms with Crippen LogP contribution in [0, 0.1) is 5.41 Å². The fraction of sp³-hybridized carbons (Fsp3) is 0.783. The van der Waals surface area contributed by atoms with Crippen LogP contribution >= 0.6 is 0 Å². The number of amides is 3. The molecule has 0 aromatic carbocycles. The molecule has 2 fully saturated rings. The minimum absolute atomic E-state index is 0.182. The number of unbranched alkanes of at least 4 members (excludes halogenated alkanes) is 1. The predicted octanol–water partition coefficient (Wildman–Crippen LogP) is 1.32. The maximum Gasteiger partial charge on any atom is 0.329 e. The van der Waals surface area contributed by atoms with Gasteiger partial charge in [0.2, 0.25) is 11.8 Å². The maximum atomic E-state index is 12.8. The largest absolute Gasteiger partial charge is 0.480 e. The van der Waals surface area contributed by atoms with E-state index < -0.39 is 35.5 Å². The molecule has 186 valence electrons. The summed E-state index contributed by atoms with van der Waals surface area (Å²) < 4.78 is 5.53.